The lowest BCUT2D eigenvalue weighted by Crippen LogP contribution is -2.36. The monoisotopic (exact) mass is 528 g/mol. The van der Waals surface area contributed by atoms with E-state index in [1.807, 2.05) is 6.07 Å². The van der Waals surface area contributed by atoms with E-state index in [0.717, 1.165) is 6.07 Å². The number of aliphatic carboxylic acids is 1. The molecule has 1 aliphatic heterocycles. The molecular weight excluding hydrogens is 515 g/mol. The predicted octanol–water partition coefficient (Wildman–Crippen LogP) is 5.09. The molecule has 0 saturated carbocycles. The molecule has 14 heteroatoms. The number of carboxylic acid groups (broad SMARTS) is 1. The highest BCUT2D eigenvalue weighted by Crippen LogP contribution is 2.48. The maximum absolute atomic E-state index is 14.5. The second-order valence-corrected chi connectivity index (χ2v) is 8.02. The van der Waals surface area contributed by atoms with Gasteiger partial charge in [0.1, 0.15) is 18.0 Å². The number of nitriles is 1. The number of rotatable bonds is 5. The summed E-state index contributed by atoms with van der Waals surface area (Å²) in [5.74, 6) is -9.09. The Kier molecular flexibility index (Phi) is 6.36. The molecule has 36 heavy (non-hydrogen) atoms. The van der Waals surface area contributed by atoms with E-state index in [1.54, 1.807) is 0 Å². The third-order valence-corrected chi connectivity index (χ3v) is 5.85. The lowest BCUT2D eigenvalue weighted by Gasteiger charge is -2.23. The molecule has 0 spiro atoms. The van der Waals surface area contributed by atoms with E-state index >= 15 is 0 Å². The Labute approximate surface area is 204 Å². The van der Waals surface area contributed by atoms with E-state index in [2.05, 4.69) is 10.2 Å². The van der Waals surface area contributed by atoms with Gasteiger partial charge in [0.25, 0.3) is 0 Å². The second kappa shape index (κ2) is 9.03. The molecule has 0 radical (unpaired) electrons. The number of fused-ring (bicyclic) bond motifs is 3. The van der Waals surface area contributed by atoms with Gasteiger partial charge in [-0.05, 0) is 24.3 Å². The van der Waals surface area contributed by atoms with Gasteiger partial charge in [0.05, 0.1) is 35.9 Å². The van der Waals surface area contributed by atoms with Crippen molar-refractivity contribution in [2.75, 3.05) is 7.11 Å². The molecule has 188 valence electrons. The van der Waals surface area contributed by atoms with Crippen LogP contribution in [0.3, 0.4) is 0 Å². The Morgan fingerprint density at radius 2 is 1.94 bits per heavy atom. The first-order valence-electron chi connectivity index (χ1n) is 10.0. The average Bonchev–Trinajstić information content (AvgIpc) is 3.22. The number of carboxylic acids is 1. The summed E-state index contributed by atoms with van der Waals surface area (Å²) in [5, 5.41) is 25.4. The van der Waals surface area contributed by atoms with Crippen molar-refractivity contribution in [1.29, 1.82) is 5.26 Å². The fraction of sp³-hybridized carbons (Fsp3) is 0.273. The number of halogens is 6. The number of hydrogen-bond acceptors (Lipinski definition) is 6. The summed E-state index contributed by atoms with van der Waals surface area (Å²) in [5.41, 5.74) is -0.107. The van der Waals surface area contributed by atoms with Gasteiger partial charge in [-0.15, -0.1) is 10.2 Å². The van der Waals surface area contributed by atoms with Crippen molar-refractivity contribution in [2.45, 2.75) is 30.7 Å². The molecule has 8 nitrogen and oxygen atoms in total. The smallest absolute Gasteiger partial charge is 0.461 e. The Balaban J connectivity index is 2.07. The Bertz CT molecular complexity index is 1390. The number of hydrogen-bond donors (Lipinski definition) is 1. The molecule has 1 N–H and O–H groups in total. The number of benzene rings is 2. The van der Waals surface area contributed by atoms with Crippen molar-refractivity contribution in [3.8, 4) is 17.5 Å². The largest absolute Gasteiger partial charge is 0.495 e. The summed E-state index contributed by atoms with van der Waals surface area (Å²) < 4.78 is 80.6. The lowest BCUT2D eigenvalue weighted by molar-refractivity contribution is -0.293. The molecule has 2 atom stereocenters. The summed E-state index contributed by atoms with van der Waals surface area (Å²) in [7, 11) is 1.33. The van der Waals surface area contributed by atoms with Crippen LogP contribution >= 0.6 is 11.6 Å². The minimum absolute atomic E-state index is 0.0193. The van der Waals surface area contributed by atoms with Crippen molar-refractivity contribution in [2.24, 2.45) is 0 Å². The molecule has 1 aliphatic rings. The van der Waals surface area contributed by atoms with Crippen LogP contribution in [0.25, 0.3) is 5.69 Å². The van der Waals surface area contributed by atoms with E-state index in [0.29, 0.717) is 4.57 Å². The standard InChI is InChI=1S/C22H14ClF5N4O4/c1-35-14-4-2-3-11(17(14)23)18-12-7-10(9-29)5-6-13(12)32-19(15(36-18)8-16(33)34)30-31-20(32)21(24,25)22(26,27)28/h2-7,15,18H,8H2,1H3,(H,33,34)/t15-,18-/m1/s1. The molecule has 0 saturated heterocycles. The first-order valence-corrected chi connectivity index (χ1v) is 10.4. The highest BCUT2D eigenvalue weighted by atomic mass is 35.5. The average molecular weight is 529 g/mol. The SMILES string of the molecule is COc1cccc([C@H]2O[C@H](CC(=O)O)c3nnc(C(F)(F)C(F)(F)F)n3-c3ccc(C#N)cc32)c1Cl. The summed E-state index contributed by atoms with van der Waals surface area (Å²) >= 11 is 6.45. The highest BCUT2D eigenvalue weighted by molar-refractivity contribution is 6.32. The minimum Gasteiger partial charge on any atom is -0.495 e. The zero-order chi connectivity index (χ0) is 26.4. The molecule has 4 rings (SSSR count). The zero-order valence-corrected chi connectivity index (χ0v) is 18.8. The Morgan fingerprint density at radius 3 is 2.56 bits per heavy atom. The van der Waals surface area contributed by atoms with Crippen LogP contribution in [0.1, 0.15) is 47.0 Å². The summed E-state index contributed by atoms with van der Waals surface area (Å²) in [6.45, 7) is 0. The molecule has 2 aromatic carbocycles. The normalized spacial score (nSPS) is 17.5. The molecule has 2 heterocycles. The van der Waals surface area contributed by atoms with E-state index in [1.165, 1.54) is 37.4 Å². The third kappa shape index (κ3) is 4.12. The number of carbonyl (C=O) groups is 1. The van der Waals surface area contributed by atoms with Gasteiger partial charge in [-0.2, -0.15) is 27.2 Å². The molecule has 0 fully saturated rings. The van der Waals surface area contributed by atoms with Crippen LogP contribution in [-0.4, -0.2) is 39.1 Å². The second-order valence-electron chi connectivity index (χ2n) is 7.64. The van der Waals surface area contributed by atoms with E-state index in [9.17, 15) is 37.1 Å². The van der Waals surface area contributed by atoms with E-state index < -0.39 is 48.3 Å². The van der Waals surface area contributed by atoms with E-state index in [-0.39, 0.29) is 33.1 Å². The topological polar surface area (TPSA) is 110 Å². The first kappa shape index (κ1) is 25.3. The number of methoxy groups -OCH3 is 1. The van der Waals surface area contributed by atoms with Crippen LogP contribution in [-0.2, 0) is 15.5 Å². The van der Waals surface area contributed by atoms with Crippen LogP contribution < -0.4 is 4.74 Å². The van der Waals surface area contributed by atoms with Crippen LogP contribution in [0.4, 0.5) is 22.0 Å². The molecule has 0 bridgehead atoms. The van der Waals surface area contributed by atoms with Gasteiger partial charge >= 0.3 is 18.1 Å². The van der Waals surface area contributed by atoms with Crippen LogP contribution in [0.5, 0.6) is 5.75 Å². The molecular formula is C22H14ClF5N4O4. The van der Waals surface area contributed by atoms with Crippen molar-refractivity contribution in [1.82, 2.24) is 14.8 Å². The highest BCUT2D eigenvalue weighted by Gasteiger charge is 2.63. The fourth-order valence-electron chi connectivity index (χ4n) is 3.84. The van der Waals surface area contributed by atoms with Crippen LogP contribution in [0, 0.1) is 11.3 Å². The quantitative estimate of drug-likeness (QED) is 0.459. The Morgan fingerprint density at radius 1 is 1.22 bits per heavy atom. The number of nitrogens with zero attached hydrogens (tertiary/aromatic N) is 4. The van der Waals surface area contributed by atoms with Crippen molar-refractivity contribution in [3.63, 3.8) is 0 Å². The Hall–Kier alpha value is -3.76. The lowest BCUT2D eigenvalue weighted by atomic mass is 9.97. The number of alkyl halides is 5. The summed E-state index contributed by atoms with van der Waals surface area (Å²) in [6, 6.07) is 9.93. The summed E-state index contributed by atoms with van der Waals surface area (Å²) in [4.78, 5) is 11.6. The van der Waals surface area contributed by atoms with Crippen molar-refractivity contribution >= 4 is 17.6 Å². The van der Waals surface area contributed by atoms with Gasteiger partial charge in [0, 0.05) is 11.1 Å². The third-order valence-electron chi connectivity index (χ3n) is 5.45. The maximum Gasteiger partial charge on any atom is 0.461 e. The molecule has 0 amide bonds. The predicted molar refractivity (Wildman–Crippen MR) is 112 cm³/mol. The van der Waals surface area contributed by atoms with Crippen LogP contribution in [0.15, 0.2) is 36.4 Å². The van der Waals surface area contributed by atoms with Gasteiger partial charge in [-0.25, -0.2) is 0 Å². The molecule has 1 aromatic heterocycles. The van der Waals surface area contributed by atoms with E-state index in [4.69, 9.17) is 21.1 Å². The summed E-state index contributed by atoms with van der Waals surface area (Å²) in [6.07, 6.45) is -9.83. The molecule has 0 aliphatic carbocycles. The maximum atomic E-state index is 14.5. The number of ether oxygens (including phenoxy) is 2. The van der Waals surface area contributed by atoms with Gasteiger partial charge in [0.15, 0.2) is 5.82 Å². The molecule has 0 unspecified atom stereocenters. The zero-order valence-electron chi connectivity index (χ0n) is 18.1. The van der Waals surface area contributed by atoms with Crippen LogP contribution in [0.2, 0.25) is 5.02 Å². The van der Waals surface area contributed by atoms with Crippen molar-refractivity contribution < 1.29 is 41.3 Å². The van der Waals surface area contributed by atoms with Gasteiger partial charge in [-0.3, -0.25) is 9.36 Å². The fourth-order valence-corrected chi connectivity index (χ4v) is 4.14. The van der Waals surface area contributed by atoms with Crippen molar-refractivity contribution in [3.05, 3.63) is 69.8 Å². The first-order chi connectivity index (χ1) is 16.9. The van der Waals surface area contributed by atoms with Gasteiger partial charge in [0.2, 0.25) is 5.82 Å². The minimum atomic E-state index is -6.03. The van der Waals surface area contributed by atoms with Gasteiger partial charge < -0.3 is 14.6 Å². The molecule has 3 aromatic rings. The van der Waals surface area contributed by atoms with Gasteiger partial charge in [-0.1, -0.05) is 23.7 Å². The number of aromatic nitrogens is 3.